The Bertz CT molecular complexity index is 847. The van der Waals surface area contributed by atoms with Gasteiger partial charge in [-0.25, -0.2) is 4.98 Å². The van der Waals surface area contributed by atoms with E-state index in [0.29, 0.717) is 26.1 Å². The van der Waals surface area contributed by atoms with Gasteiger partial charge in [0.2, 0.25) is 11.8 Å². The number of benzene rings is 1. The fourth-order valence-electron chi connectivity index (χ4n) is 2.99. The number of carbonyl (C=O) groups is 2. The van der Waals surface area contributed by atoms with Crippen molar-refractivity contribution in [2.45, 2.75) is 32.9 Å². The van der Waals surface area contributed by atoms with Crippen molar-refractivity contribution in [3.05, 3.63) is 52.0 Å². The van der Waals surface area contributed by atoms with Crippen molar-refractivity contribution >= 4 is 29.2 Å². The Labute approximate surface area is 162 Å². The van der Waals surface area contributed by atoms with Gasteiger partial charge in [-0.15, -0.1) is 11.3 Å². The maximum atomic E-state index is 12.5. The first-order valence-electron chi connectivity index (χ1n) is 8.97. The number of carbonyl (C=O) groups excluding carboxylic acids is 2. The van der Waals surface area contributed by atoms with E-state index in [2.05, 4.69) is 10.3 Å². The van der Waals surface area contributed by atoms with E-state index >= 15 is 0 Å². The molecule has 6 nitrogen and oxygen atoms in total. The normalized spacial score (nSPS) is 17.2. The largest absolute Gasteiger partial charge is 0.487 e. The van der Waals surface area contributed by atoms with Crippen molar-refractivity contribution in [3.8, 4) is 5.75 Å². The van der Waals surface area contributed by atoms with Crippen LogP contribution in [0, 0.1) is 6.92 Å². The monoisotopic (exact) mass is 385 g/mol. The van der Waals surface area contributed by atoms with Gasteiger partial charge in [0, 0.05) is 24.5 Å². The fraction of sp³-hybridized carbons (Fsp3) is 0.350. The number of aryl methyl sites for hydroxylation is 1. The zero-order chi connectivity index (χ0) is 19.2. The second-order valence-corrected chi connectivity index (χ2v) is 7.36. The molecule has 0 saturated carbocycles. The van der Waals surface area contributed by atoms with E-state index in [-0.39, 0.29) is 11.8 Å². The van der Waals surface area contributed by atoms with Gasteiger partial charge < -0.3 is 15.0 Å². The van der Waals surface area contributed by atoms with Crippen molar-refractivity contribution in [3.63, 3.8) is 0 Å². The number of aromatic nitrogens is 1. The third-order valence-corrected chi connectivity index (χ3v) is 5.15. The van der Waals surface area contributed by atoms with Gasteiger partial charge in [0.05, 0.1) is 10.7 Å². The maximum absolute atomic E-state index is 12.5. The molecule has 1 N–H and O–H groups in total. The number of thiazole rings is 1. The van der Waals surface area contributed by atoms with Gasteiger partial charge in [-0.3, -0.25) is 9.59 Å². The molecule has 0 aliphatic carbocycles. The third kappa shape index (κ3) is 4.95. The first-order valence-corrected chi connectivity index (χ1v) is 9.85. The van der Waals surface area contributed by atoms with E-state index in [9.17, 15) is 9.59 Å². The molecular weight excluding hydrogens is 362 g/mol. The summed E-state index contributed by atoms with van der Waals surface area (Å²) in [7, 11) is 0. The number of hydrogen-bond acceptors (Lipinski definition) is 5. The number of nitrogens with one attached hydrogen (secondary N) is 1. The first kappa shape index (κ1) is 19.1. The summed E-state index contributed by atoms with van der Waals surface area (Å²) in [6.45, 7) is 5.31. The van der Waals surface area contributed by atoms with Gasteiger partial charge in [-0.1, -0.05) is 19.1 Å². The topological polar surface area (TPSA) is 71.5 Å². The molecule has 1 atom stereocenters. The van der Waals surface area contributed by atoms with Gasteiger partial charge in [-0.05, 0) is 37.1 Å². The molecule has 2 heterocycles. The Balaban J connectivity index is 1.62. The predicted molar refractivity (Wildman–Crippen MR) is 105 cm³/mol. The molecule has 0 bridgehead atoms. The molecular formula is C20H23N3O3S. The summed E-state index contributed by atoms with van der Waals surface area (Å²) in [5, 5.41) is 5.80. The zero-order valence-electron chi connectivity index (χ0n) is 15.5. The Kier molecular flexibility index (Phi) is 6.24. The molecule has 1 aromatic heterocycles. The van der Waals surface area contributed by atoms with Crippen molar-refractivity contribution in [2.24, 2.45) is 0 Å². The fourth-order valence-corrected chi connectivity index (χ4v) is 3.58. The van der Waals surface area contributed by atoms with Gasteiger partial charge in [0.25, 0.3) is 0 Å². The van der Waals surface area contributed by atoms with Crippen LogP contribution in [-0.4, -0.2) is 40.8 Å². The van der Waals surface area contributed by atoms with Crippen LogP contribution in [0.15, 0.2) is 35.7 Å². The Hall–Kier alpha value is -2.67. The molecule has 0 radical (unpaired) electrons. The lowest BCUT2D eigenvalue weighted by Crippen LogP contribution is -2.56. The molecule has 1 aromatic carbocycles. The lowest BCUT2D eigenvalue weighted by molar-refractivity contribution is -0.140. The van der Waals surface area contributed by atoms with E-state index in [1.807, 2.05) is 43.5 Å². The SMILES string of the molecule is CCC1C(=O)NCCN1C(=O)/C=C/c1cccc(OCc2csc(C)n2)c1. The van der Waals surface area contributed by atoms with E-state index in [1.165, 1.54) is 6.08 Å². The smallest absolute Gasteiger partial charge is 0.247 e. The average Bonchev–Trinajstić information content (AvgIpc) is 3.10. The van der Waals surface area contributed by atoms with E-state index < -0.39 is 6.04 Å². The summed E-state index contributed by atoms with van der Waals surface area (Å²) < 4.78 is 5.78. The summed E-state index contributed by atoms with van der Waals surface area (Å²) in [5.41, 5.74) is 1.77. The van der Waals surface area contributed by atoms with E-state index in [1.54, 1.807) is 22.3 Å². The number of nitrogens with zero attached hydrogens (tertiary/aromatic N) is 2. The molecule has 1 fully saturated rings. The van der Waals surface area contributed by atoms with E-state index in [0.717, 1.165) is 22.0 Å². The van der Waals surface area contributed by atoms with Crippen LogP contribution in [-0.2, 0) is 16.2 Å². The first-order chi connectivity index (χ1) is 13.1. The van der Waals surface area contributed by atoms with Crippen LogP contribution < -0.4 is 10.1 Å². The molecule has 1 aliphatic heterocycles. The van der Waals surface area contributed by atoms with E-state index in [4.69, 9.17) is 4.74 Å². The quantitative estimate of drug-likeness (QED) is 0.776. The van der Waals surface area contributed by atoms with Gasteiger partial charge in [0.15, 0.2) is 0 Å². The van der Waals surface area contributed by atoms with Crippen molar-refractivity contribution in [1.29, 1.82) is 0 Å². The lowest BCUT2D eigenvalue weighted by Gasteiger charge is -2.33. The summed E-state index contributed by atoms with van der Waals surface area (Å²) in [6, 6.07) is 7.15. The average molecular weight is 385 g/mol. The summed E-state index contributed by atoms with van der Waals surface area (Å²) in [4.78, 5) is 30.4. The Morgan fingerprint density at radius 3 is 3.07 bits per heavy atom. The number of amides is 2. The minimum absolute atomic E-state index is 0.0850. The minimum atomic E-state index is -0.396. The second kappa shape index (κ2) is 8.81. The highest BCUT2D eigenvalue weighted by Gasteiger charge is 2.30. The number of hydrogen-bond donors (Lipinski definition) is 1. The molecule has 142 valence electrons. The highest BCUT2D eigenvalue weighted by Crippen LogP contribution is 2.18. The van der Waals surface area contributed by atoms with Crippen LogP contribution in [0.25, 0.3) is 6.08 Å². The summed E-state index contributed by atoms with van der Waals surface area (Å²) in [6.07, 6.45) is 3.87. The number of ether oxygens (including phenoxy) is 1. The molecule has 1 saturated heterocycles. The molecule has 0 spiro atoms. The molecule has 3 rings (SSSR count). The van der Waals surface area contributed by atoms with Crippen LogP contribution in [0.3, 0.4) is 0 Å². The van der Waals surface area contributed by atoms with Crippen molar-refractivity contribution in [2.75, 3.05) is 13.1 Å². The van der Waals surface area contributed by atoms with Crippen LogP contribution in [0.4, 0.5) is 0 Å². The zero-order valence-corrected chi connectivity index (χ0v) is 16.3. The minimum Gasteiger partial charge on any atom is -0.487 e. The predicted octanol–water partition coefficient (Wildman–Crippen LogP) is 2.78. The van der Waals surface area contributed by atoms with Crippen molar-refractivity contribution in [1.82, 2.24) is 15.2 Å². The highest BCUT2D eigenvalue weighted by atomic mass is 32.1. The van der Waals surface area contributed by atoms with Crippen LogP contribution in [0.1, 0.15) is 29.6 Å². The standard InChI is InChI=1S/C20H23N3O3S/c1-3-18-20(25)21-9-10-23(18)19(24)8-7-15-5-4-6-17(11-15)26-12-16-13-27-14(2)22-16/h4-8,11,13,18H,3,9-10,12H2,1-2H3,(H,21,25)/b8-7+. The Morgan fingerprint density at radius 2 is 2.33 bits per heavy atom. The summed E-state index contributed by atoms with van der Waals surface area (Å²) in [5.74, 6) is 0.484. The molecule has 2 amide bonds. The van der Waals surface area contributed by atoms with Crippen LogP contribution in [0.2, 0.25) is 0 Å². The van der Waals surface area contributed by atoms with Gasteiger partial charge in [0.1, 0.15) is 18.4 Å². The van der Waals surface area contributed by atoms with Crippen LogP contribution >= 0.6 is 11.3 Å². The van der Waals surface area contributed by atoms with Gasteiger partial charge in [-0.2, -0.15) is 0 Å². The second-order valence-electron chi connectivity index (χ2n) is 6.30. The highest BCUT2D eigenvalue weighted by molar-refractivity contribution is 7.09. The van der Waals surface area contributed by atoms with Crippen molar-refractivity contribution < 1.29 is 14.3 Å². The third-order valence-electron chi connectivity index (χ3n) is 4.33. The molecule has 7 heteroatoms. The summed E-state index contributed by atoms with van der Waals surface area (Å²) >= 11 is 1.60. The van der Waals surface area contributed by atoms with Gasteiger partial charge >= 0.3 is 0 Å². The molecule has 27 heavy (non-hydrogen) atoms. The number of piperazine rings is 1. The Morgan fingerprint density at radius 1 is 1.48 bits per heavy atom. The van der Waals surface area contributed by atoms with Crippen LogP contribution in [0.5, 0.6) is 5.75 Å². The number of rotatable bonds is 6. The molecule has 2 aromatic rings. The molecule has 1 aliphatic rings. The lowest BCUT2D eigenvalue weighted by atomic mass is 10.1. The maximum Gasteiger partial charge on any atom is 0.247 e. The molecule has 1 unspecified atom stereocenters.